The molecule has 1 aliphatic carbocycles. The molecule has 0 saturated carbocycles. The molecule has 29 heavy (non-hydrogen) atoms. The number of imide groups is 1. The maximum Gasteiger partial charge on any atom is 0.329 e. The summed E-state index contributed by atoms with van der Waals surface area (Å²) in [5.41, 5.74) is 0.773. The monoisotopic (exact) mass is 395 g/mol. The van der Waals surface area contributed by atoms with Gasteiger partial charge in [-0.1, -0.05) is 18.2 Å². The van der Waals surface area contributed by atoms with E-state index in [-0.39, 0.29) is 11.8 Å². The van der Waals surface area contributed by atoms with Crippen LogP contribution in [0.1, 0.15) is 32.3 Å². The lowest BCUT2D eigenvalue weighted by molar-refractivity contribution is -0.163. The molecule has 3 amide bonds. The van der Waals surface area contributed by atoms with E-state index in [0.29, 0.717) is 24.1 Å². The number of allylic oxidation sites excluding steroid dienone is 2. The number of nitrogens with one attached hydrogen (secondary N) is 1. The molecule has 0 radical (unpaired) electrons. The minimum atomic E-state index is -1.15. The van der Waals surface area contributed by atoms with E-state index in [1.807, 2.05) is 18.2 Å². The molecule has 1 fully saturated rings. The Balaban J connectivity index is 1.61. The van der Waals surface area contributed by atoms with E-state index < -0.39 is 35.9 Å². The fourth-order valence-corrected chi connectivity index (χ4v) is 3.55. The molecule has 0 bridgehead atoms. The molecule has 0 aromatic heterocycles. The first-order valence-electron chi connectivity index (χ1n) is 9.37. The Labute approximate surface area is 168 Å². The number of carbonyl (C=O) groups is 4. The number of rotatable bonds is 5. The first-order chi connectivity index (χ1) is 13.8. The fraction of sp³-hybridized carbons (Fsp3) is 0.381. The average Bonchev–Trinajstić information content (AvgIpc) is 2.98. The van der Waals surface area contributed by atoms with Crippen molar-refractivity contribution in [1.82, 2.24) is 4.90 Å². The molecule has 2 aliphatic rings. The highest BCUT2D eigenvalue weighted by atomic mass is 16.5. The van der Waals surface area contributed by atoms with Gasteiger partial charge in [0, 0.05) is 5.69 Å². The first kappa shape index (κ1) is 20.3. The van der Waals surface area contributed by atoms with Gasteiger partial charge in [-0.25, -0.2) is 4.79 Å². The van der Waals surface area contributed by atoms with Crippen LogP contribution in [-0.4, -0.2) is 40.7 Å². The van der Waals surface area contributed by atoms with Crippen LogP contribution in [0.15, 0.2) is 36.4 Å². The summed E-state index contributed by atoms with van der Waals surface area (Å²) < 4.78 is 5.19. The van der Waals surface area contributed by atoms with Crippen molar-refractivity contribution in [1.29, 1.82) is 5.26 Å². The first-order valence-corrected chi connectivity index (χ1v) is 9.37. The van der Waals surface area contributed by atoms with Gasteiger partial charge in [-0.3, -0.25) is 19.3 Å². The van der Waals surface area contributed by atoms with Gasteiger partial charge in [0.2, 0.25) is 11.8 Å². The number of fused-ring (bicyclic) bond motifs is 1. The zero-order valence-corrected chi connectivity index (χ0v) is 16.1. The van der Waals surface area contributed by atoms with Crippen LogP contribution >= 0.6 is 0 Å². The predicted molar refractivity (Wildman–Crippen MR) is 102 cm³/mol. The van der Waals surface area contributed by atoms with Crippen molar-refractivity contribution in [3.63, 3.8) is 0 Å². The molecule has 4 atom stereocenters. The van der Waals surface area contributed by atoms with E-state index >= 15 is 0 Å². The third kappa shape index (κ3) is 4.04. The second-order valence-corrected chi connectivity index (χ2v) is 7.14. The molecular formula is C21H21N3O5. The molecule has 1 aromatic carbocycles. The third-order valence-electron chi connectivity index (χ3n) is 5.19. The number of carbonyl (C=O) groups excluding carboxylic acids is 4. The van der Waals surface area contributed by atoms with E-state index in [0.717, 1.165) is 4.90 Å². The number of ether oxygens (including phenoxy) is 1. The van der Waals surface area contributed by atoms with Crippen molar-refractivity contribution >= 4 is 29.4 Å². The van der Waals surface area contributed by atoms with Crippen LogP contribution in [0.5, 0.6) is 0 Å². The molecule has 1 N–H and O–H groups in total. The van der Waals surface area contributed by atoms with Gasteiger partial charge in [0.05, 0.1) is 23.5 Å². The molecule has 1 heterocycles. The zero-order chi connectivity index (χ0) is 21.1. The van der Waals surface area contributed by atoms with Gasteiger partial charge in [-0.05, 0) is 44.9 Å². The Hall–Kier alpha value is -3.47. The Bertz CT molecular complexity index is 906. The number of hydrogen-bond acceptors (Lipinski definition) is 6. The van der Waals surface area contributed by atoms with Gasteiger partial charge in [-0.15, -0.1) is 0 Å². The summed E-state index contributed by atoms with van der Waals surface area (Å²) in [6, 6.07) is 7.16. The molecule has 8 heteroatoms. The van der Waals surface area contributed by atoms with Gasteiger partial charge in [0.25, 0.3) is 5.91 Å². The van der Waals surface area contributed by atoms with Gasteiger partial charge < -0.3 is 10.1 Å². The van der Waals surface area contributed by atoms with Crippen molar-refractivity contribution in [3.05, 3.63) is 42.0 Å². The van der Waals surface area contributed by atoms with Crippen molar-refractivity contribution in [2.75, 3.05) is 5.32 Å². The number of esters is 1. The van der Waals surface area contributed by atoms with Crippen LogP contribution < -0.4 is 5.32 Å². The molecule has 0 unspecified atom stereocenters. The van der Waals surface area contributed by atoms with Crippen LogP contribution in [0.3, 0.4) is 0 Å². The van der Waals surface area contributed by atoms with Crippen molar-refractivity contribution in [3.8, 4) is 6.07 Å². The number of nitrogens with zero attached hydrogens (tertiary/aromatic N) is 2. The summed E-state index contributed by atoms with van der Waals surface area (Å²) in [6.07, 6.45) is 3.55. The third-order valence-corrected chi connectivity index (χ3v) is 5.19. The molecule has 0 spiro atoms. The van der Waals surface area contributed by atoms with E-state index in [9.17, 15) is 19.2 Å². The van der Waals surface area contributed by atoms with E-state index in [1.165, 1.54) is 19.9 Å². The van der Waals surface area contributed by atoms with Crippen LogP contribution in [0.25, 0.3) is 0 Å². The highest BCUT2D eigenvalue weighted by Gasteiger charge is 2.50. The lowest BCUT2D eigenvalue weighted by Gasteiger charge is -2.23. The Morgan fingerprint density at radius 1 is 1.17 bits per heavy atom. The summed E-state index contributed by atoms with van der Waals surface area (Å²) in [4.78, 5) is 50.9. The number of amides is 3. The number of anilines is 1. The Kier molecular flexibility index (Phi) is 5.78. The second kappa shape index (κ2) is 8.27. The molecule has 3 rings (SSSR count). The molecule has 150 valence electrons. The number of hydrogen-bond donors (Lipinski definition) is 1. The van der Waals surface area contributed by atoms with E-state index in [4.69, 9.17) is 10.00 Å². The predicted octanol–water partition coefficient (Wildman–Crippen LogP) is 1.77. The van der Waals surface area contributed by atoms with Crippen molar-refractivity contribution in [2.24, 2.45) is 11.8 Å². The lowest BCUT2D eigenvalue weighted by atomic mass is 9.85. The van der Waals surface area contributed by atoms with Gasteiger partial charge in [0.15, 0.2) is 6.10 Å². The Morgan fingerprint density at radius 2 is 1.79 bits per heavy atom. The van der Waals surface area contributed by atoms with Gasteiger partial charge in [0.1, 0.15) is 6.04 Å². The normalized spacial score (nSPS) is 22.4. The maximum atomic E-state index is 12.6. The molecule has 1 aromatic rings. The summed E-state index contributed by atoms with van der Waals surface area (Å²) in [5, 5.41) is 11.5. The topological polar surface area (TPSA) is 117 Å². The lowest BCUT2D eigenvalue weighted by Crippen LogP contribution is -2.46. The van der Waals surface area contributed by atoms with E-state index in [1.54, 1.807) is 18.2 Å². The number of benzene rings is 1. The molecular weight excluding hydrogens is 374 g/mol. The SMILES string of the molecule is C[C@H](OC(=O)[C@H](C)N1C(=O)[C@@H]2CC=CC[C@H]2C1=O)C(=O)Nc1cccc(C#N)c1. The minimum absolute atomic E-state index is 0.376. The van der Waals surface area contributed by atoms with Crippen LogP contribution in [0.4, 0.5) is 5.69 Å². The number of likely N-dealkylation sites (tertiary alicyclic amines) is 1. The standard InChI is InChI=1S/C21H21N3O5/c1-12(24-19(26)16-8-3-4-9-17(16)20(24)27)21(28)29-13(2)18(25)23-15-7-5-6-14(10-15)11-22/h3-7,10,12-13,16-17H,8-9H2,1-2H3,(H,23,25)/t12-,13-,16+,17+/m0/s1. The minimum Gasteiger partial charge on any atom is -0.451 e. The van der Waals surface area contributed by atoms with Crippen LogP contribution in [0.2, 0.25) is 0 Å². The summed E-state index contributed by atoms with van der Waals surface area (Å²) in [6.45, 7) is 2.81. The fourth-order valence-electron chi connectivity index (χ4n) is 3.55. The summed E-state index contributed by atoms with van der Waals surface area (Å²) in [5.74, 6) is -3.03. The Morgan fingerprint density at radius 3 is 2.38 bits per heavy atom. The highest BCUT2D eigenvalue weighted by Crippen LogP contribution is 2.36. The van der Waals surface area contributed by atoms with E-state index in [2.05, 4.69) is 5.32 Å². The van der Waals surface area contributed by atoms with Crippen molar-refractivity contribution in [2.45, 2.75) is 38.8 Å². The van der Waals surface area contributed by atoms with Crippen LogP contribution in [0, 0.1) is 23.2 Å². The smallest absolute Gasteiger partial charge is 0.329 e. The summed E-state index contributed by atoms with van der Waals surface area (Å²) in [7, 11) is 0. The molecule has 8 nitrogen and oxygen atoms in total. The van der Waals surface area contributed by atoms with Crippen LogP contribution in [-0.2, 0) is 23.9 Å². The number of nitriles is 1. The largest absolute Gasteiger partial charge is 0.451 e. The highest BCUT2D eigenvalue weighted by molar-refractivity contribution is 6.08. The second-order valence-electron chi connectivity index (χ2n) is 7.14. The molecule has 1 aliphatic heterocycles. The average molecular weight is 395 g/mol. The maximum absolute atomic E-state index is 12.6. The summed E-state index contributed by atoms with van der Waals surface area (Å²) >= 11 is 0. The van der Waals surface area contributed by atoms with Gasteiger partial charge >= 0.3 is 5.97 Å². The zero-order valence-electron chi connectivity index (χ0n) is 16.1. The quantitative estimate of drug-likeness (QED) is 0.461. The van der Waals surface area contributed by atoms with Gasteiger partial charge in [-0.2, -0.15) is 5.26 Å². The molecule has 1 saturated heterocycles. The van der Waals surface area contributed by atoms with Crippen molar-refractivity contribution < 1.29 is 23.9 Å².